The number of hydrogen-bond donors (Lipinski definition) is 4. The molecule has 3 atom stereocenters. The Balaban J connectivity index is 1.26. The van der Waals surface area contributed by atoms with Gasteiger partial charge in [-0.3, -0.25) is 9.09 Å². The van der Waals surface area contributed by atoms with Gasteiger partial charge in [-0.2, -0.15) is 0 Å². The molecule has 0 spiro atoms. The van der Waals surface area contributed by atoms with Gasteiger partial charge < -0.3 is 25.2 Å². The molecule has 1 saturated heterocycles. The van der Waals surface area contributed by atoms with E-state index in [1.54, 1.807) is 29.8 Å². The summed E-state index contributed by atoms with van der Waals surface area (Å²) in [6, 6.07) is 10.7. The minimum atomic E-state index is -4.81. The van der Waals surface area contributed by atoms with E-state index in [-0.39, 0.29) is 23.7 Å². The number of phosphoric acid groups is 1. The number of fused-ring (bicyclic) bond motifs is 2. The predicted molar refractivity (Wildman–Crippen MR) is 156 cm³/mol. The molecular formula is C25H33N8O7PS. The normalized spacial score (nSPS) is 19.7. The van der Waals surface area contributed by atoms with Crippen molar-refractivity contribution < 1.29 is 32.0 Å². The highest BCUT2D eigenvalue weighted by Crippen LogP contribution is 2.45. The number of imidazole rings is 1. The molecule has 1 aliphatic heterocycles. The number of anilines is 2. The van der Waals surface area contributed by atoms with Crippen LogP contribution in [0.1, 0.15) is 25.5 Å². The highest BCUT2D eigenvalue weighted by molar-refractivity contribution is 7.89. The van der Waals surface area contributed by atoms with Crippen LogP contribution in [-0.2, 0) is 23.8 Å². The molecule has 0 radical (unpaired) electrons. The first kappa shape index (κ1) is 30.3. The van der Waals surface area contributed by atoms with Crippen LogP contribution in [0.15, 0.2) is 53.9 Å². The zero-order chi connectivity index (χ0) is 30.2. The smallest absolute Gasteiger partial charge is 0.382 e. The molecule has 5 rings (SSSR count). The van der Waals surface area contributed by atoms with Gasteiger partial charge in [0, 0.05) is 50.6 Å². The number of hydrogen-bond acceptors (Lipinski definition) is 11. The summed E-state index contributed by atoms with van der Waals surface area (Å²) in [5.74, 6) is 0.198. The van der Waals surface area contributed by atoms with Gasteiger partial charge in [0.2, 0.25) is 0 Å². The van der Waals surface area contributed by atoms with E-state index in [0.29, 0.717) is 29.4 Å². The Labute approximate surface area is 242 Å². The first-order valence-corrected chi connectivity index (χ1v) is 16.1. The molecular weight excluding hydrogens is 587 g/mol. The van der Waals surface area contributed by atoms with E-state index >= 15 is 0 Å². The fourth-order valence-corrected chi connectivity index (χ4v) is 7.11. The van der Waals surface area contributed by atoms with Crippen LogP contribution >= 0.6 is 7.82 Å². The lowest BCUT2D eigenvalue weighted by atomic mass is 10.1. The number of nitrogens with one attached hydrogen (secondary N) is 1. The number of sulfonamides is 1. The van der Waals surface area contributed by atoms with Gasteiger partial charge >= 0.3 is 7.82 Å². The van der Waals surface area contributed by atoms with Crippen molar-refractivity contribution in [1.82, 2.24) is 29.4 Å². The largest absolute Gasteiger partial charge is 0.469 e. The third-order valence-electron chi connectivity index (χ3n) is 7.04. The summed E-state index contributed by atoms with van der Waals surface area (Å²) in [7, 11) is -3.31. The second kappa shape index (κ2) is 11.8. The summed E-state index contributed by atoms with van der Waals surface area (Å²) >= 11 is 0. The van der Waals surface area contributed by atoms with Crippen molar-refractivity contribution in [1.29, 1.82) is 0 Å². The fourth-order valence-electron chi connectivity index (χ4n) is 5.22. The third kappa shape index (κ3) is 6.40. The summed E-state index contributed by atoms with van der Waals surface area (Å²) in [4.78, 5) is 36.0. The number of benzene rings is 2. The van der Waals surface area contributed by atoms with Crippen LogP contribution in [0.4, 0.5) is 11.5 Å². The van der Waals surface area contributed by atoms with E-state index < -0.39 is 36.3 Å². The second-order valence-electron chi connectivity index (χ2n) is 10.3. The van der Waals surface area contributed by atoms with Crippen molar-refractivity contribution in [3.63, 3.8) is 0 Å². The lowest BCUT2D eigenvalue weighted by Gasteiger charge is -2.22. The number of phosphoric ester groups is 1. The number of ether oxygens (including phenoxy) is 1. The van der Waals surface area contributed by atoms with Gasteiger partial charge in [-0.05, 0) is 25.0 Å². The van der Waals surface area contributed by atoms with E-state index in [4.69, 9.17) is 15.0 Å². The summed E-state index contributed by atoms with van der Waals surface area (Å²) < 4.78 is 51.2. The zero-order valence-corrected chi connectivity index (χ0v) is 24.9. The molecule has 2 aromatic heterocycles. The van der Waals surface area contributed by atoms with E-state index in [1.165, 1.54) is 17.7 Å². The maximum absolute atomic E-state index is 13.3. The molecule has 17 heteroatoms. The highest BCUT2D eigenvalue weighted by Gasteiger charge is 2.41. The van der Waals surface area contributed by atoms with Gasteiger partial charge in [0.25, 0.3) is 10.0 Å². The van der Waals surface area contributed by atoms with Crippen LogP contribution in [-0.4, -0.2) is 82.6 Å². The van der Waals surface area contributed by atoms with Crippen molar-refractivity contribution in [3.05, 3.63) is 49.1 Å². The van der Waals surface area contributed by atoms with Crippen LogP contribution in [0.2, 0.25) is 0 Å². The van der Waals surface area contributed by atoms with Crippen LogP contribution in [0.5, 0.6) is 0 Å². The molecule has 2 aromatic carbocycles. The van der Waals surface area contributed by atoms with Gasteiger partial charge in [0.1, 0.15) is 18.1 Å². The van der Waals surface area contributed by atoms with Gasteiger partial charge in [-0.25, -0.2) is 32.9 Å². The molecule has 1 fully saturated rings. The molecule has 5 N–H and O–H groups in total. The SMILES string of the molecule is CN(CCC[C@H]1O[C@@H](n2cnc3c(N)ncnc32)C[C@@H]1OP(=O)(O)O)NS(=O)(=O)c1cccc2c(N(C)C)cccc12. The van der Waals surface area contributed by atoms with Crippen molar-refractivity contribution in [2.45, 2.75) is 42.6 Å². The standard InChI is InChI=1S/C25H33N8O7PS/c1-31(2)18-9-4-8-17-16(18)7-5-11-21(17)42(37,38)30-32(3)12-6-10-19-20(40-41(34,35)36)13-22(39-19)33-15-29-23-24(26)27-14-28-25(23)33/h4-5,7-9,11,14-15,19-20,22,30H,6,10,12-13H2,1-3H3,(H2,26,27,28)(H2,34,35,36)/t19-,20+,22-/m1/s1. The third-order valence-corrected chi connectivity index (χ3v) is 9.07. The van der Waals surface area contributed by atoms with Crippen LogP contribution in [0, 0.1) is 0 Å². The topological polar surface area (TPSA) is 198 Å². The Hall–Kier alpha value is -3.21. The second-order valence-corrected chi connectivity index (χ2v) is 13.1. The van der Waals surface area contributed by atoms with E-state index in [2.05, 4.69) is 19.8 Å². The van der Waals surface area contributed by atoms with Crippen molar-refractivity contribution in [2.24, 2.45) is 0 Å². The number of nitrogens with zero attached hydrogens (tertiary/aromatic N) is 6. The van der Waals surface area contributed by atoms with Crippen LogP contribution in [0.3, 0.4) is 0 Å². The maximum atomic E-state index is 13.3. The summed E-state index contributed by atoms with van der Waals surface area (Å²) in [5, 5.41) is 2.88. The van der Waals surface area contributed by atoms with Gasteiger partial charge in [-0.1, -0.05) is 24.3 Å². The average molecular weight is 621 g/mol. The summed E-state index contributed by atoms with van der Waals surface area (Å²) in [5.41, 5.74) is 7.58. The maximum Gasteiger partial charge on any atom is 0.469 e. The molecule has 0 saturated carbocycles. The van der Waals surface area contributed by atoms with Crippen LogP contribution in [0.25, 0.3) is 21.9 Å². The Morgan fingerprint density at radius 3 is 2.62 bits per heavy atom. The molecule has 0 aliphatic carbocycles. The molecule has 226 valence electrons. The first-order chi connectivity index (χ1) is 19.8. The Bertz CT molecular complexity index is 1750. The van der Waals surface area contributed by atoms with E-state index in [9.17, 15) is 22.8 Å². The minimum Gasteiger partial charge on any atom is -0.382 e. The van der Waals surface area contributed by atoms with E-state index in [0.717, 1.165) is 11.1 Å². The van der Waals surface area contributed by atoms with Crippen molar-refractivity contribution in [3.8, 4) is 0 Å². The Morgan fingerprint density at radius 1 is 1.14 bits per heavy atom. The van der Waals surface area contributed by atoms with Gasteiger partial charge in [0.05, 0.1) is 23.4 Å². The number of rotatable bonds is 11. The summed E-state index contributed by atoms with van der Waals surface area (Å²) in [6.45, 7) is 0.290. The number of nitrogens with two attached hydrogens (primary N) is 1. The highest BCUT2D eigenvalue weighted by atomic mass is 32.2. The Morgan fingerprint density at radius 2 is 1.88 bits per heavy atom. The molecule has 42 heavy (non-hydrogen) atoms. The van der Waals surface area contributed by atoms with Crippen LogP contribution < -0.4 is 15.5 Å². The monoisotopic (exact) mass is 620 g/mol. The van der Waals surface area contributed by atoms with Crippen molar-refractivity contribution >= 4 is 51.3 Å². The first-order valence-electron chi connectivity index (χ1n) is 13.1. The molecule has 0 amide bonds. The lowest BCUT2D eigenvalue weighted by Crippen LogP contribution is -2.40. The molecule has 0 bridgehead atoms. The molecule has 4 aromatic rings. The molecule has 15 nitrogen and oxygen atoms in total. The molecule has 1 aliphatic rings. The summed E-state index contributed by atoms with van der Waals surface area (Å²) in [6.07, 6.45) is 1.39. The molecule has 3 heterocycles. The Kier molecular flexibility index (Phi) is 8.51. The molecule has 0 unspecified atom stereocenters. The number of nitrogen functional groups attached to an aromatic ring is 1. The van der Waals surface area contributed by atoms with Gasteiger partial charge in [-0.15, -0.1) is 4.83 Å². The lowest BCUT2D eigenvalue weighted by molar-refractivity contribution is -0.0224. The number of aromatic nitrogens is 4. The average Bonchev–Trinajstić information content (AvgIpc) is 3.51. The van der Waals surface area contributed by atoms with Gasteiger partial charge in [0.15, 0.2) is 11.5 Å². The van der Waals surface area contributed by atoms with E-state index in [1.807, 2.05) is 37.2 Å². The fraction of sp³-hybridized carbons (Fsp3) is 0.400. The minimum absolute atomic E-state index is 0.129. The predicted octanol–water partition coefficient (Wildman–Crippen LogP) is 2.00. The number of hydrazine groups is 1. The quantitative estimate of drug-likeness (QED) is 0.140. The van der Waals surface area contributed by atoms with Crippen molar-refractivity contribution in [2.75, 3.05) is 38.3 Å². The zero-order valence-electron chi connectivity index (χ0n) is 23.2.